The number of hydrogen-bond donors (Lipinski definition) is 1. The van der Waals surface area contributed by atoms with Crippen molar-refractivity contribution in [1.29, 1.82) is 0 Å². The maximum Gasteiger partial charge on any atom is 0.0720 e. The van der Waals surface area contributed by atoms with Crippen molar-refractivity contribution >= 4 is 0 Å². The van der Waals surface area contributed by atoms with E-state index in [-0.39, 0.29) is 18.1 Å². The molecular weight excluding hydrogens is 288 g/mol. The van der Waals surface area contributed by atoms with Crippen molar-refractivity contribution in [3.8, 4) is 0 Å². The van der Waals surface area contributed by atoms with Gasteiger partial charge in [0.25, 0.3) is 0 Å². The highest BCUT2D eigenvalue weighted by Crippen LogP contribution is 2.30. The molecule has 2 aromatic carbocycles. The van der Waals surface area contributed by atoms with Crippen LogP contribution < -0.4 is 0 Å². The summed E-state index contributed by atoms with van der Waals surface area (Å²) in [4.78, 5) is 0. The fourth-order valence-electron chi connectivity index (χ4n) is 3.10. The number of hydrogen-bond acceptors (Lipinski definition) is 3. The SMILES string of the molecule is OC1CC[C@H](OCc2ccccc2)[C@H]1COCc1ccccc1. The molecule has 3 atom stereocenters. The van der Waals surface area contributed by atoms with Crippen LogP contribution in [0.4, 0.5) is 0 Å². The Hall–Kier alpha value is -1.68. The van der Waals surface area contributed by atoms with E-state index in [2.05, 4.69) is 24.3 Å². The van der Waals surface area contributed by atoms with Gasteiger partial charge in [-0.25, -0.2) is 0 Å². The molecule has 1 unspecified atom stereocenters. The maximum absolute atomic E-state index is 10.2. The molecule has 0 radical (unpaired) electrons. The molecule has 0 bridgehead atoms. The van der Waals surface area contributed by atoms with E-state index in [1.807, 2.05) is 36.4 Å². The second kappa shape index (κ2) is 8.25. The van der Waals surface area contributed by atoms with E-state index in [1.54, 1.807) is 0 Å². The average molecular weight is 312 g/mol. The van der Waals surface area contributed by atoms with Crippen LogP contribution in [0.15, 0.2) is 60.7 Å². The quantitative estimate of drug-likeness (QED) is 0.849. The van der Waals surface area contributed by atoms with Gasteiger partial charge in [0, 0.05) is 5.92 Å². The van der Waals surface area contributed by atoms with Crippen LogP contribution in [-0.4, -0.2) is 23.9 Å². The molecule has 0 aromatic heterocycles. The highest BCUT2D eigenvalue weighted by molar-refractivity contribution is 5.14. The third kappa shape index (κ3) is 4.64. The lowest BCUT2D eigenvalue weighted by Gasteiger charge is -2.22. The molecule has 1 aliphatic carbocycles. The first kappa shape index (κ1) is 16.2. The molecule has 3 heteroatoms. The third-order valence-electron chi connectivity index (χ3n) is 4.45. The van der Waals surface area contributed by atoms with E-state index in [1.165, 1.54) is 0 Å². The van der Waals surface area contributed by atoms with Gasteiger partial charge < -0.3 is 14.6 Å². The Balaban J connectivity index is 1.48. The predicted octanol–water partition coefficient (Wildman–Crippen LogP) is 3.56. The molecule has 23 heavy (non-hydrogen) atoms. The van der Waals surface area contributed by atoms with Gasteiger partial charge >= 0.3 is 0 Å². The summed E-state index contributed by atoms with van der Waals surface area (Å²) in [7, 11) is 0. The van der Waals surface area contributed by atoms with Crippen molar-refractivity contribution in [2.75, 3.05) is 6.61 Å². The van der Waals surface area contributed by atoms with Gasteiger partial charge in [-0.05, 0) is 24.0 Å². The highest BCUT2D eigenvalue weighted by Gasteiger charge is 2.35. The predicted molar refractivity (Wildman–Crippen MR) is 89.8 cm³/mol. The number of aliphatic hydroxyl groups is 1. The van der Waals surface area contributed by atoms with Gasteiger partial charge in [0.05, 0.1) is 32.0 Å². The zero-order valence-corrected chi connectivity index (χ0v) is 13.3. The summed E-state index contributed by atoms with van der Waals surface area (Å²) < 4.78 is 11.9. The Morgan fingerprint density at radius 2 is 1.43 bits per heavy atom. The zero-order chi connectivity index (χ0) is 15.9. The molecule has 1 aliphatic rings. The number of ether oxygens (including phenoxy) is 2. The average Bonchev–Trinajstić information content (AvgIpc) is 2.95. The second-order valence-electron chi connectivity index (χ2n) is 6.14. The minimum absolute atomic E-state index is 0.0578. The zero-order valence-electron chi connectivity index (χ0n) is 13.3. The van der Waals surface area contributed by atoms with Crippen molar-refractivity contribution in [1.82, 2.24) is 0 Å². The molecule has 0 saturated heterocycles. The smallest absolute Gasteiger partial charge is 0.0720 e. The van der Waals surface area contributed by atoms with E-state index >= 15 is 0 Å². The van der Waals surface area contributed by atoms with Gasteiger partial charge in [0.15, 0.2) is 0 Å². The lowest BCUT2D eigenvalue weighted by molar-refractivity contribution is -0.0459. The van der Waals surface area contributed by atoms with Gasteiger partial charge in [-0.15, -0.1) is 0 Å². The summed E-state index contributed by atoms with van der Waals surface area (Å²) in [5.41, 5.74) is 2.32. The van der Waals surface area contributed by atoms with Crippen molar-refractivity contribution in [2.24, 2.45) is 5.92 Å². The summed E-state index contributed by atoms with van der Waals surface area (Å²) in [6.45, 7) is 1.71. The molecule has 1 saturated carbocycles. The van der Waals surface area contributed by atoms with Gasteiger partial charge in [-0.2, -0.15) is 0 Å². The summed E-state index contributed by atoms with van der Waals surface area (Å²) in [5, 5.41) is 10.2. The fourth-order valence-corrected chi connectivity index (χ4v) is 3.10. The van der Waals surface area contributed by atoms with E-state index in [0.29, 0.717) is 19.8 Å². The Bertz CT molecular complexity index is 570. The number of benzene rings is 2. The van der Waals surface area contributed by atoms with Crippen molar-refractivity contribution < 1.29 is 14.6 Å². The molecule has 3 rings (SSSR count). The first-order valence-corrected chi connectivity index (χ1v) is 8.28. The summed E-state index contributed by atoms with van der Waals surface area (Å²) in [6.07, 6.45) is 1.43. The van der Waals surface area contributed by atoms with Gasteiger partial charge in [0.2, 0.25) is 0 Å². The lowest BCUT2D eigenvalue weighted by Crippen LogP contribution is -2.29. The van der Waals surface area contributed by atoms with Crippen LogP contribution in [0, 0.1) is 5.92 Å². The standard InChI is InChI=1S/C20H24O3/c21-19-11-12-20(23-14-17-9-5-2-6-10-17)18(19)15-22-13-16-7-3-1-4-8-16/h1-10,18-21H,11-15H2/t18-,19?,20-/m0/s1. The molecule has 1 fully saturated rings. The van der Waals surface area contributed by atoms with Crippen molar-refractivity contribution in [3.05, 3.63) is 71.8 Å². The summed E-state index contributed by atoms with van der Waals surface area (Å²) in [6, 6.07) is 20.3. The molecule has 0 spiro atoms. The van der Waals surface area contributed by atoms with Crippen LogP contribution in [0.25, 0.3) is 0 Å². The molecule has 122 valence electrons. The highest BCUT2D eigenvalue weighted by atomic mass is 16.5. The molecule has 3 nitrogen and oxygen atoms in total. The van der Waals surface area contributed by atoms with Crippen LogP contribution in [0.1, 0.15) is 24.0 Å². The molecule has 0 heterocycles. The van der Waals surface area contributed by atoms with E-state index in [4.69, 9.17) is 9.47 Å². The number of rotatable bonds is 7. The summed E-state index contributed by atoms with van der Waals surface area (Å²) in [5.74, 6) is 0.0578. The van der Waals surface area contributed by atoms with E-state index < -0.39 is 0 Å². The van der Waals surface area contributed by atoms with Crippen LogP contribution in [0.5, 0.6) is 0 Å². The van der Waals surface area contributed by atoms with Crippen LogP contribution >= 0.6 is 0 Å². The normalized spacial score (nSPS) is 24.0. The lowest BCUT2D eigenvalue weighted by atomic mass is 10.1. The summed E-state index contributed by atoms with van der Waals surface area (Å²) >= 11 is 0. The van der Waals surface area contributed by atoms with E-state index in [9.17, 15) is 5.11 Å². The third-order valence-corrected chi connectivity index (χ3v) is 4.45. The molecule has 2 aromatic rings. The Morgan fingerprint density at radius 3 is 2.09 bits per heavy atom. The Morgan fingerprint density at radius 1 is 0.826 bits per heavy atom. The minimum atomic E-state index is -0.327. The molecule has 0 amide bonds. The van der Waals surface area contributed by atoms with Crippen molar-refractivity contribution in [2.45, 2.75) is 38.3 Å². The van der Waals surface area contributed by atoms with Gasteiger partial charge in [0.1, 0.15) is 0 Å². The Labute approximate surface area is 137 Å². The number of aliphatic hydroxyl groups excluding tert-OH is 1. The molecular formula is C20H24O3. The van der Waals surface area contributed by atoms with Crippen LogP contribution in [0.3, 0.4) is 0 Å². The second-order valence-corrected chi connectivity index (χ2v) is 6.14. The van der Waals surface area contributed by atoms with Crippen LogP contribution in [-0.2, 0) is 22.7 Å². The first-order valence-electron chi connectivity index (χ1n) is 8.28. The van der Waals surface area contributed by atoms with Crippen molar-refractivity contribution in [3.63, 3.8) is 0 Å². The van der Waals surface area contributed by atoms with Gasteiger partial charge in [-0.3, -0.25) is 0 Å². The monoisotopic (exact) mass is 312 g/mol. The van der Waals surface area contributed by atoms with Crippen LogP contribution in [0.2, 0.25) is 0 Å². The topological polar surface area (TPSA) is 38.7 Å². The fraction of sp³-hybridized carbons (Fsp3) is 0.400. The van der Waals surface area contributed by atoms with E-state index in [0.717, 1.165) is 24.0 Å². The first-order chi connectivity index (χ1) is 11.3. The molecule has 1 N–H and O–H groups in total. The minimum Gasteiger partial charge on any atom is -0.393 e. The Kier molecular flexibility index (Phi) is 5.81. The molecule has 0 aliphatic heterocycles. The largest absolute Gasteiger partial charge is 0.393 e. The maximum atomic E-state index is 10.2. The van der Waals surface area contributed by atoms with Gasteiger partial charge in [-0.1, -0.05) is 60.7 Å².